The van der Waals surface area contributed by atoms with E-state index in [4.69, 9.17) is 10.5 Å². The van der Waals surface area contributed by atoms with Gasteiger partial charge in [-0.05, 0) is 46.9 Å². The van der Waals surface area contributed by atoms with Gasteiger partial charge in [-0.2, -0.15) is 0 Å². The Hall–Kier alpha value is -3.98. The summed E-state index contributed by atoms with van der Waals surface area (Å²) in [5, 5.41) is 5.57. The van der Waals surface area contributed by atoms with Crippen LogP contribution in [0.25, 0.3) is 11.1 Å². The molecule has 1 aliphatic heterocycles. The van der Waals surface area contributed by atoms with Crippen LogP contribution in [-0.2, 0) is 22.7 Å². The lowest BCUT2D eigenvalue weighted by atomic mass is 9.98. The third-order valence-corrected chi connectivity index (χ3v) is 7.45. The normalized spacial score (nSPS) is 14.8. The highest BCUT2D eigenvalue weighted by molar-refractivity contribution is 7.99. The molecule has 4 amide bonds. The maximum atomic E-state index is 13.7. The third-order valence-electron chi connectivity index (χ3n) is 6.32. The summed E-state index contributed by atoms with van der Waals surface area (Å²) in [5.41, 5.74) is 9.92. The number of anilines is 1. The van der Waals surface area contributed by atoms with Gasteiger partial charge >= 0.3 is 6.03 Å². The molecule has 0 bridgehead atoms. The summed E-state index contributed by atoms with van der Waals surface area (Å²) in [7, 11) is 1.61. The largest absolute Gasteiger partial charge is 0.497 e. The molecule has 0 saturated carbocycles. The predicted octanol–water partition coefficient (Wildman–Crippen LogP) is 4.45. The Bertz CT molecular complexity index is 1310. The van der Waals surface area contributed by atoms with Crippen LogP contribution in [0, 0.1) is 0 Å². The van der Waals surface area contributed by atoms with Crippen LogP contribution in [0.2, 0.25) is 0 Å². The van der Waals surface area contributed by atoms with E-state index in [-0.39, 0.29) is 11.8 Å². The molecule has 0 fully saturated rings. The van der Waals surface area contributed by atoms with Crippen LogP contribution in [0.5, 0.6) is 5.75 Å². The molecule has 198 valence electrons. The van der Waals surface area contributed by atoms with Crippen LogP contribution in [0.4, 0.5) is 10.5 Å². The van der Waals surface area contributed by atoms with Gasteiger partial charge in [-0.3, -0.25) is 9.59 Å². The van der Waals surface area contributed by atoms with Gasteiger partial charge in [-0.25, -0.2) is 4.79 Å². The predicted molar refractivity (Wildman–Crippen MR) is 150 cm³/mol. The lowest BCUT2D eigenvalue weighted by molar-refractivity contribution is -0.127. The van der Waals surface area contributed by atoms with E-state index in [0.29, 0.717) is 31.0 Å². The van der Waals surface area contributed by atoms with E-state index >= 15 is 0 Å². The van der Waals surface area contributed by atoms with Crippen molar-refractivity contribution in [2.45, 2.75) is 43.8 Å². The Morgan fingerprint density at radius 1 is 1.11 bits per heavy atom. The number of hydrogen-bond acceptors (Lipinski definition) is 5. The van der Waals surface area contributed by atoms with E-state index < -0.39 is 12.1 Å². The molecule has 0 saturated heterocycles. The first kappa shape index (κ1) is 27.1. The van der Waals surface area contributed by atoms with Gasteiger partial charge in [-0.15, -0.1) is 11.8 Å². The van der Waals surface area contributed by atoms with Crippen molar-refractivity contribution in [2.24, 2.45) is 5.73 Å². The van der Waals surface area contributed by atoms with Crippen molar-refractivity contribution in [3.05, 3.63) is 77.9 Å². The number of methoxy groups -OCH3 is 1. The van der Waals surface area contributed by atoms with E-state index in [2.05, 4.69) is 10.6 Å². The second-order valence-electron chi connectivity index (χ2n) is 9.01. The summed E-state index contributed by atoms with van der Waals surface area (Å²) in [4.78, 5) is 39.9. The Morgan fingerprint density at radius 2 is 1.87 bits per heavy atom. The smallest absolute Gasteiger partial charge is 0.312 e. The van der Waals surface area contributed by atoms with Gasteiger partial charge in [0.15, 0.2) is 0 Å². The summed E-state index contributed by atoms with van der Waals surface area (Å²) in [5.74, 6) is 0.896. The molecule has 8 nitrogen and oxygen atoms in total. The van der Waals surface area contributed by atoms with E-state index in [1.165, 1.54) is 11.8 Å². The number of rotatable bonds is 9. The number of fused-ring (bicyclic) bond motifs is 1. The molecule has 0 aliphatic carbocycles. The highest BCUT2D eigenvalue weighted by atomic mass is 32.2. The van der Waals surface area contributed by atoms with Gasteiger partial charge in [0.25, 0.3) is 5.91 Å². The number of benzene rings is 3. The Morgan fingerprint density at radius 3 is 2.58 bits per heavy atom. The Kier molecular flexibility index (Phi) is 8.91. The van der Waals surface area contributed by atoms with Crippen molar-refractivity contribution in [3.63, 3.8) is 0 Å². The molecule has 1 heterocycles. The highest BCUT2D eigenvalue weighted by Gasteiger charge is 2.32. The summed E-state index contributed by atoms with van der Waals surface area (Å²) in [6.45, 7) is 2.62. The standard InChI is InChI=1S/C29H32N4O4S/c1-3-6-27(34)32-24-18-38-26-15-22(37-2)13-14-25(26)33(28(24)35)17-19-9-11-20(12-10-19)23-8-5-4-7-21(23)16-31-29(30)36/h4-5,7-15,24H,3,6,16-18H2,1-2H3,(H,32,34)(H3,30,31,36)/t24-/m1/s1. The molecule has 9 heteroatoms. The Labute approximate surface area is 226 Å². The molecule has 38 heavy (non-hydrogen) atoms. The fourth-order valence-corrected chi connectivity index (χ4v) is 5.48. The van der Waals surface area contributed by atoms with Crippen LogP contribution in [0.3, 0.4) is 0 Å². The molecular weight excluding hydrogens is 500 g/mol. The van der Waals surface area contributed by atoms with E-state index in [9.17, 15) is 14.4 Å². The van der Waals surface area contributed by atoms with Gasteiger partial charge in [-0.1, -0.05) is 55.5 Å². The fourth-order valence-electron chi connectivity index (χ4n) is 4.38. The van der Waals surface area contributed by atoms with Crippen molar-refractivity contribution >= 4 is 35.3 Å². The number of nitrogens with zero attached hydrogens (tertiary/aromatic N) is 1. The van der Waals surface area contributed by atoms with Crippen LogP contribution in [0.1, 0.15) is 30.9 Å². The van der Waals surface area contributed by atoms with Crippen LogP contribution < -0.4 is 26.0 Å². The number of ether oxygens (including phenoxy) is 1. The zero-order valence-corrected chi connectivity index (χ0v) is 22.3. The first-order valence-corrected chi connectivity index (χ1v) is 13.5. The molecule has 1 atom stereocenters. The van der Waals surface area contributed by atoms with Gasteiger partial charge in [0.1, 0.15) is 11.8 Å². The molecule has 4 N–H and O–H groups in total. The summed E-state index contributed by atoms with van der Waals surface area (Å²) in [6.07, 6.45) is 1.10. The van der Waals surface area contributed by atoms with Crippen LogP contribution in [-0.4, -0.2) is 36.7 Å². The molecule has 4 rings (SSSR count). The topological polar surface area (TPSA) is 114 Å². The maximum Gasteiger partial charge on any atom is 0.312 e. The lowest BCUT2D eigenvalue weighted by Gasteiger charge is -2.26. The van der Waals surface area contributed by atoms with Crippen molar-refractivity contribution < 1.29 is 19.1 Å². The number of thioether (sulfide) groups is 1. The Balaban J connectivity index is 1.61. The second kappa shape index (κ2) is 12.5. The summed E-state index contributed by atoms with van der Waals surface area (Å²) in [6, 6.07) is 20.3. The lowest BCUT2D eigenvalue weighted by Crippen LogP contribution is -2.49. The summed E-state index contributed by atoms with van der Waals surface area (Å²) < 4.78 is 5.40. The van der Waals surface area contributed by atoms with E-state index in [0.717, 1.165) is 39.3 Å². The van der Waals surface area contributed by atoms with Crippen molar-refractivity contribution in [3.8, 4) is 16.9 Å². The first-order valence-electron chi connectivity index (χ1n) is 12.5. The molecule has 0 aromatic heterocycles. The number of carbonyl (C=O) groups excluding carboxylic acids is 3. The number of carbonyl (C=O) groups is 3. The minimum atomic E-state index is -0.624. The second-order valence-corrected chi connectivity index (χ2v) is 10.1. The SMILES string of the molecule is CCCC(=O)N[C@@H]1CSc2cc(OC)ccc2N(Cc2ccc(-c3ccccc3CNC(N)=O)cc2)C1=O. The van der Waals surface area contributed by atoms with Crippen molar-refractivity contribution in [1.82, 2.24) is 10.6 Å². The van der Waals surface area contributed by atoms with E-state index in [1.54, 1.807) is 12.0 Å². The number of urea groups is 1. The summed E-state index contributed by atoms with van der Waals surface area (Å²) >= 11 is 1.54. The quantitative estimate of drug-likeness (QED) is 0.377. The minimum Gasteiger partial charge on any atom is -0.497 e. The average Bonchev–Trinajstić information content (AvgIpc) is 3.04. The van der Waals surface area contributed by atoms with E-state index in [1.807, 2.05) is 73.7 Å². The number of amides is 4. The minimum absolute atomic E-state index is 0.121. The molecule has 0 radical (unpaired) electrons. The van der Waals surface area contributed by atoms with Gasteiger partial charge < -0.3 is 26.0 Å². The van der Waals surface area contributed by atoms with Crippen molar-refractivity contribution in [2.75, 3.05) is 17.8 Å². The highest BCUT2D eigenvalue weighted by Crippen LogP contribution is 2.38. The van der Waals surface area contributed by atoms with Gasteiger partial charge in [0.2, 0.25) is 5.91 Å². The maximum absolute atomic E-state index is 13.7. The number of hydrogen-bond donors (Lipinski definition) is 3. The van der Waals surface area contributed by atoms with Crippen molar-refractivity contribution in [1.29, 1.82) is 0 Å². The average molecular weight is 533 g/mol. The monoisotopic (exact) mass is 532 g/mol. The van der Waals surface area contributed by atoms with Crippen LogP contribution >= 0.6 is 11.8 Å². The zero-order chi connectivity index (χ0) is 27.1. The molecular formula is C29H32N4O4S. The molecule has 3 aromatic rings. The third kappa shape index (κ3) is 6.47. The fraction of sp³-hybridized carbons (Fsp3) is 0.276. The van der Waals surface area contributed by atoms with Crippen LogP contribution in [0.15, 0.2) is 71.6 Å². The number of primary amides is 1. The molecule has 1 aliphatic rings. The number of nitrogens with two attached hydrogens (primary N) is 1. The first-order chi connectivity index (χ1) is 18.4. The molecule has 0 unspecified atom stereocenters. The van der Waals surface area contributed by atoms with Gasteiger partial charge in [0, 0.05) is 23.6 Å². The number of nitrogens with one attached hydrogen (secondary N) is 2. The van der Waals surface area contributed by atoms with Gasteiger partial charge in [0.05, 0.1) is 19.3 Å². The molecule has 0 spiro atoms. The zero-order valence-electron chi connectivity index (χ0n) is 21.5. The molecule has 3 aromatic carbocycles.